The van der Waals surface area contributed by atoms with E-state index in [1.165, 1.54) is 10.5 Å². The quantitative estimate of drug-likeness (QED) is 0.720. The van der Waals surface area contributed by atoms with Gasteiger partial charge in [0.05, 0.1) is 11.5 Å². The molecule has 0 aromatic heterocycles. The maximum absolute atomic E-state index is 9.08. The molecule has 0 amide bonds. The van der Waals surface area contributed by atoms with E-state index >= 15 is 0 Å². The summed E-state index contributed by atoms with van der Waals surface area (Å²) >= 11 is 1.83. The molecule has 0 aliphatic heterocycles. The molecule has 0 unspecified atom stereocenters. The maximum Gasteiger partial charge on any atom is 0.0766 e. The van der Waals surface area contributed by atoms with Crippen molar-refractivity contribution in [2.45, 2.75) is 38.0 Å². The van der Waals surface area contributed by atoms with Crippen LogP contribution in [0.25, 0.3) is 0 Å². The van der Waals surface area contributed by atoms with E-state index < -0.39 is 5.41 Å². The van der Waals surface area contributed by atoms with Crippen molar-refractivity contribution >= 4 is 11.8 Å². The maximum atomic E-state index is 9.08. The first kappa shape index (κ1) is 12.1. The summed E-state index contributed by atoms with van der Waals surface area (Å²) < 4.78 is 0. The van der Waals surface area contributed by atoms with Crippen LogP contribution >= 0.6 is 11.8 Å². The van der Waals surface area contributed by atoms with Gasteiger partial charge in [0.1, 0.15) is 0 Å². The Hall–Kier alpha value is -0.940. The van der Waals surface area contributed by atoms with Gasteiger partial charge in [-0.1, -0.05) is 19.1 Å². The molecule has 2 heteroatoms. The second-order valence-electron chi connectivity index (χ2n) is 4.15. The van der Waals surface area contributed by atoms with E-state index in [4.69, 9.17) is 5.26 Å². The summed E-state index contributed by atoms with van der Waals surface area (Å²) in [6.07, 6.45) is 0. The van der Waals surface area contributed by atoms with E-state index in [2.05, 4.69) is 38.1 Å². The van der Waals surface area contributed by atoms with Crippen molar-refractivity contribution in [3.8, 4) is 6.07 Å². The van der Waals surface area contributed by atoms with Crippen LogP contribution in [0.15, 0.2) is 23.1 Å². The van der Waals surface area contributed by atoms with E-state index in [-0.39, 0.29) is 0 Å². The topological polar surface area (TPSA) is 23.8 Å². The molecule has 0 heterocycles. The van der Waals surface area contributed by atoms with Gasteiger partial charge in [0, 0.05) is 4.90 Å². The van der Waals surface area contributed by atoms with Crippen LogP contribution in [0.3, 0.4) is 0 Å². The molecular weight excluding hydrogens is 202 g/mol. The van der Waals surface area contributed by atoms with Crippen molar-refractivity contribution in [2.75, 3.05) is 5.75 Å². The molecule has 1 rings (SSSR count). The van der Waals surface area contributed by atoms with Crippen LogP contribution in [0.1, 0.15) is 31.9 Å². The summed E-state index contributed by atoms with van der Waals surface area (Å²) in [5.41, 5.74) is 2.00. The summed E-state index contributed by atoms with van der Waals surface area (Å²) in [6.45, 7) is 8.17. The van der Waals surface area contributed by atoms with Gasteiger partial charge < -0.3 is 0 Å². The van der Waals surface area contributed by atoms with Crippen LogP contribution in [0.2, 0.25) is 0 Å². The highest BCUT2D eigenvalue weighted by Crippen LogP contribution is 2.29. The average molecular weight is 219 g/mol. The van der Waals surface area contributed by atoms with Crippen molar-refractivity contribution in [3.63, 3.8) is 0 Å². The molecule has 0 atom stereocenters. The van der Waals surface area contributed by atoms with E-state index in [0.717, 1.165) is 11.3 Å². The Morgan fingerprint density at radius 2 is 2.07 bits per heavy atom. The highest BCUT2D eigenvalue weighted by atomic mass is 32.2. The number of hydrogen-bond acceptors (Lipinski definition) is 2. The Kier molecular flexibility index (Phi) is 3.82. The number of benzene rings is 1. The first-order valence-corrected chi connectivity index (χ1v) is 6.15. The fourth-order valence-electron chi connectivity index (χ4n) is 1.36. The number of thioether (sulfide) groups is 1. The van der Waals surface area contributed by atoms with Crippen molar-refractivity contribution in [2.24, 2.45) is 0 Å². The van der Waals surface area contributed by atoms with Crippen LogP contribution < -0.4 is 0 Å². The molecule has 0 bridgehead atoms. The zero-order chi connectivity index (χ0) is 11.5. The lowest BCUT2D eigenvalue weighted by molar-refractivity contribution is 0.684. The van der Waals surface area contributed by atoms with Gasteiger partial charge in [-0.25, -0.2) is 0 Å². The summed E-state index contributed by atoms with van der Waals surface area (Å²) in [6, 6.07) is 8.64. The Morgan fingerprint density at radius 3 is 2.60 bits per heavy atom. The van der Waals surface area contributed by atoms with E-state index in [1.54, 1.807) is 0 Å². The van der Waals surface area contributed by atoms with Gasteiger partial charge in [0.25, 0.3) is 0 Å². The molecule has 0 aliphatic rings. The highest BCUT2D eigenvalue weighted by Gasteiger charge is 2.20. The lowest BCUT2D eigenvalue weighted by Gasteiger charge is -2.17. The predicted molar refractivity (Wildman–Crippen MR) is 66.2 cm³/mol. The minimum Gasteiger partial charge on any atom is -0.197 e. The second kappa shape index (κ2) is 4.72. The molecule has 15 heavy (non-hydrogen) atoms. The van der Waals surface area contributed by atoms with Gasteiger partial charge in [-0.2, -0.15) is 5.26 Å². The molecule has 0 spiro atoms. The summed E-state index contributed by atoms with van der Waals surface area (Å²) in [5, 5.41) is 9.08. The number of nitrogens with zero attached hydrogens (tertiary/aromatic N) is 1. The zero-order valence-electron chi connectivity index (χ0n) is 9.79. The average Bonchev–Trinajstić information content (AvgIpc) is 2.21. The van der Waals surface area contributed by atoms with E-state index in [9.17, 15) is 0 Å². The van der Waals surface area contributed by atoms with Crippen LogP contribution in [0, 0.1) is 18.3 Å². The Bertz CT molecular complexity index is 388. The van der Waals surface area contributed by atoms with Crippen LogP contribution in [0.4, 0.5) is 0 Å². The first-order valence-electron chi connectivity index (χ1n) is 5.16. The predicted octanol–water partition coefficient (Wildman–Crippen LogP) is 3.91. The summed E-state index contributed by atoms with van der Waals surface area (Å²) in [7, 11) is 0. The normalized spacial score (nSPS) is 11.1. The summed E-state index contributed by atoms with van der Waals surface area (Å²) in [4.78, 5) is 1.29. The number of hydrogen-bond donors (Lipinski definition) is 0. The standard InChI is InChI=1S/C13H17NS/c1-5-15-12-8-11(7-6-10(12)2)13(3,4)9-14/h6-8H,5H2,1-4H3. The molecule has 0 fully saturated rings. The molecule has 0 aliphatic carbocycles. The highest BCUT2D eigenvalue weighted by molar-refractivity contribution is 7.99. The molecule has 0 N–H and O–H groups in total. The van der Waals surface area contributed by atoms with Crippen molar-refractivity contribution in [1.29, 1.82) is 5.26 Å². The zero-order valence-corrected chi connectivity index (χ0v) is 10.6. The van der Waals surface area contributed by atoms with Gasteiger partial charge in [0.2, 0.25) is 0 Å². The van der Waals surface area contributed by atoms with Gasteiger partial charge >= 0.3 is 0 Å². The van der Waals surface area contributed by atoms with Crippen LogP contribution in [-0.2, 0) is 5.41 Å². The third-order valence-electron chi connectivity index (χ3n) is 2.49. The van der Waals surface area contributed by atoms with Crippen molar-refractivity contribution in [1.82, 2.24) is 0 Å². The molecular formula is C13H17NS. The Labute approximate surface area is 96.5 Å². The second-order valence-corrected chi connectivity index (χ2v) is 5.46. The fraction of sp³-hybridized carbons (Fsp3) is 0.462. The van der Waals surface area contributed by atoms with Gasteiger partial charge in [-0.3, -0.25) is 0 Å². The number of aryl methyl sites for hydroxylation is 1. The van der Waals surface area contributed by atoms with Crippen LogP contribution in [-0.4, -0.2) is 5.75 Å². The molecule has 1 nitrogen and oxygen atoms in total. The van der Waals surface area contributed by atoms with Crippen LogP contribution in [0.5, 0.6) is 0 Å². The molecule has 0 saturated carbocycles. The first-order chi connectivity index (χ1) is 7.01. The van der Waals surface area contributed by atoms with Crippen molar-refractivity contribution in [3.05, 3.63) is 29.3 Å². The van der Waals surface area contributed by atoms with E-state index in [1.807, 2.05) is 25.6 Å². The van der Waals surface area contributed by atoms with Gasteiger partial charge in [-0.05, 0) is 43.7 Å². The monoisotopic (exact) mass is 219 g/mol. The lowest BCUT2D eigenvalue weighted by Crippen LogP contribution is -2.13. The molecule has 0 radical (unpaired) electrons. The lowest BCUT2D eigenvalue weighted by atomic mass is 9.86. The summed E-state index contributed by atoms with van der Waals surface area (Å²) in [5.74, 6) is 1.07. The molecule has 80 valence electrons. The van der Waals surface area contributed by atoms with Gasteiger partial charge in [0.15, 0.2) is 0 Å². The minimum atomic E-state index is -0.392. The minimum absolute atomic E-state index is 0.392. The Balaban J connectivity index is 3.14. The fourth-order valence-corrected chi connectivity index (χ4v) is 2.18. The van der Waals surface area contributed by atoms with Crippen molar-refractivity contribution < 1.29 is 0 Å². The van der Waals surface area contributed by atoms with E-state index in [0.29, 0.717) is 0 Å². The third-order valence-corrected chi connectivity index (χ3v) is 3.53. The largest absolute Gasteiger partial charge is 0.197 e. The molecule has 1 aromatic carbocycles. The molecule has 1 aromatic rings. The number of nitriles is 1. The number of rotatable bonds is 3. The smallest absolute Gasteiger partial charge is 0.0766 e. The SMILES string of the molecule is CCSc1cc(C(C)(C)C#N)ccc1C. The third kappa shape index (κ3) is 2.76. The van der Waals surface area contributed by atoms with Gasteiger partial charge in [-0.15, -0.1) is 11.8 Å². The molecule has 0 saturated heterocycles. The Morgan fingerprint density at radius 1 is 1.40 bits per heavy atom.